The molecule has 0 saturated carbocycles. The van der Waals surface area contributed by atoms with Gasteiger partial charge < -0.3 is 9.84 Å². The molecule has 0 bridgehead atoms. The van der Waals surface area contributed by atoms with Gasteiger partial charge in [0.25, 0.3) is 0 Å². The normalized spacial score (nSPS) is 20.2. The van der Waals surface area contributed by atoms with Crippen molar-refractivity contribution >= 4 is 12.0 Å². The molecule has 1 aliphatic rings. The van der Waals surface area contributed by atoms with E-state index >= 15 is 0 Å². The molecule has 1 aromatic carbocycles. The standard InChI is InChI=1S/C20H29NO3/c1-19(2)13-16(10-11-21(19)14-20(3,4)23)12-15-6-8-17(9-7-15)18(22)24-5/h6-9,12,23H,10-11,13-14H2,1-5H3. The van der Waals surface area contributed by atoms with Gasteiger partial charge in [-0.25, -0.2) is 4.79 Å². The predicted molar refractivity (Wildman–Crippen MR) is 96.9 cm³/mol. The van der Waals surface area contributed by atoms with Crippen LogP contribution in [0.15, 0.2) is 29.8 Å². The van der Waals surface area contributed by atoms with Crippen LogP contribution in [-0.2, 0) is 4.74 Å². The lowest BCUT2D eigenvalue weighted by Crippen LogP contribution is -2.53. The second kappa shape index (κ2) is 7.08. The highest BCUT2D eigenvalue weighted by Crippen LogP contribution is 2.33. The molecular formula is C20H29NO3. The van der Waals surface area contributed by atoms with Gasteiger partial charge in [-0.3, -0.25) is 4.90 Å². The number of rotatable bonds is 4. The second-order valence-corrected chi connectivity index (χ2v) is 7.89. The first-order valence-electron chi connectivity index (χ1n) is 8.46. The van der Waals surface area contributed by atoms with Crippen molar-refractivity contribution in [1.82, 2.24) is 4.90 Å². The minimum Gasteiger partial charge on any atom is -0.465 e. The van der Waals surface area contributed by atoms with Gasteiger partial charge in [-0.15, -0.1) is 0 Å². The zero-order valence-electron chi connectivity index (χ0n) is 15.4. The summed E-state index contributed by atoms with van der Waals surface area (Å²) in [5.41, 5.74) is 2.42. The van der Waals surface area contributed by atoms with Crippen LogP contribution < -0.4 is 0 Å². The molecule has 1 aromatic rings. The summed E-state index contributed by atoms with van der Waals surface area (Å²) >= 11 is 0. The van der Waals surface area contributed by atoms with Crippen molar-refractivity contribution in [2.45, 2.75) is 51.7 Å². The molecule has 0 radical (unpaired) electrons. The Morgan fingerprint density at radius 2 is 1.96 bits per heavy atom. The van der Waals surface area contributed by atoms with E-state index in [1.807, 2.05) is 26.0 Å². The molecule has 0 atom stereocenters. The Morgan fingerprint density at radius 3 is 2.46 bits per heavy atom. The summed E-state index contributed by atoms with van der Waals surface area (Å²) in [6.07, 6.45) is 4.18. The smallest absolute Gasteiger partial charge is 0.337 e. The summed E-state index contributed by atoms with van der Waals surface area (Å²) < 4.78 is 4.72. The van der Waals surface area contributed by atoms with Crippen LogP contribution >= 0.6 is 0 Å². The summed E-state index contributed by atoms with van der Waals surface area (Å²) in [6, 6.07) is 7.50. The fourth-order valence-corrected chi connectivity index (χ4v) is 3.29. The Hall–Kier alpha value is -1.65. The Morgan fingerprint density at radius 1 is 1.33 bits per heavy atom. The van der Waals surface area contributed by atoms with E-state index in [2.05, 4.69) is 24.8 Å². The van der Waals surface area contributed by atoms with Gasteiger partial charge in [0, 0.05) is 18.6 Å². The van der Waals surface area contributed by atoms with Gasteiger partial charge in [0.05, 0.1) is 18.3 Å². The van der Waals surface area contributed by atoms with Gasteiger partial charge >= 0.3 is 5.97 Å². The lowest BCUT2D eigenvalue weighted by atomic mass is 9.85. The molecule has 1 N–H and O–H groups in total. The molecule has 0 aliphatic carbocycles. The summed E-state index contributed by atoms with van der Waals surface area (Å²) in [6.45, 7) is 9.80. The minimum atomic E-state index is -0.678. The predicted octanol–water partition coefficient (Wildman–Crippen LogP) is 3.50. The zero-order valence-corrected chi connectivity index (χ0v) is 15.4. The summed E-state index contributed by atoms with van der Waals surface area (Å²) in [5.74, 6) is -0.310. The molecule has 0 aromatic heterocycles. The molecule has 0 spiro atoms. The van der Waals surface area contributed by atoms with Gasteiger partial charge in [0.15, 0.2) is 0 Å². The van der Waals surface area contributed by atoms with Gasteiger partial charge in [0.1, 0.15) is 0 Å². The molecular weight excluding hydrogens is 302 g/mol. The molecule has 132 valence electrons. The molecule has 0 unspecified atom stereocenters. The molecule has 4 heteroatoms. The SMILES string of the molecule is COC(=O)c1ccc(C=C2CCN(CC(C)(C)O)C(C)(C)C2)cc1. The van der Waals surface area contributed by atoms with Crippen LogP contribution in [-0.4, -0.2) is 47.3 Å². The Balaban J connectivity index is 2.09. The molecule has 1 heterocycles. The fourth-order valence-electron chi connectivity index (χ4n) is 3.29. The van der Waals surface area contributed by atoms with E-state index in [0.717, 1.165) is 24.9 Å². The van der Waals surface area contributed by atoms with Crippen LogP contribution in [0.4, 0.5) is 0 Å². The monoisotopic (exact) mass is 331 g/mol. The summed E-state index contributed by atoms with van der Waals surface area (Å²) in [5, 5.41) is 10.1. The Labute approximate surface area is 145 Å². The zero-order chi connectivity index (χ0) is 18.0. The number of carbonyl (C=O) groups is 1. The number of piperidine rings is 1. The van der Waals surface area contributed by atoms with Crippen molar-refractivity contribution in [3.63, 3.8) is 0 Å². The highest BCUT2D eigenvalue weighted by molar-refractivity contribution is 5.89. The largest absolute Gasteiger partial charge is 0.465 e. The van der Waals surface area contributed by atoms with Gasteiger partial charge in [-0.2, -0.15) is 0 Å². The first-order chi connectivity index (χ1) is 11.1. The van der Waals surface area contributed by atoms with E-state index in [4.69, 9.17) is 4.74 Å². The van der Waals surface area contributed by atoms with Gasteiger partial charge in [0.2, 0.25) is 0 Å². The number of benzene rings is 1. The van der Waals surface area contributed by atoms with Gasteiger partial charge in [-0.1, -0.05) is 23.8 Å². The summed E-state index contributed by atoms with van der Waals surface area (Å²) in [4.78, 5) is 13.9. The molecule has 2 rings (SSSR count). The molecule has 1 fully saturated rings. The number of carbonyl (C=O) groups excluding carboxylic acids is 1. The quantitative estimate of drug-likeness (QED) is 0.858. The highest BCUT2D eigenvalue weighted by atomic mass is 16.5. The number of ether oxygens (including phenoxy) is 1. The maximum Gasteiger partial charge on any atom is 0.337 e. The Bertz CT molecular complexity index is 609. The molecule has 1 aliphatic heterocycles. The third-order valence-electron chi connectivity index (χ3n) is 4.50. The number of β-amino-alcohol motifs (C(OH)–C–C–N with tert-alkyl or cyclic N) is 1. The van der Waals surface area contributed by atoms with Crippen LogP contribution in [0.5, 0.6) is 0 Å². The van der Waals surface area contributed by atoms with E-state index in [0.29, 0.717) is 12.1 Å². The molecule has 24 heavy (non-hydrogen) atoms. The molecule has 0 amide bonds. The third-order valence-corrected chi connectivity index (χ3v) is 4.50. The van der Waals surface area contributed by atoms with Crippen molar-refractivity contribution in [2.24, 2.45) is 0 Å². The van der Waals surface area contributed by atoms with E-state index in [1.165, 1.54) is 12.7 Å². The first kappa shape index (κ1) is 18.7. The van der Waals surface area contributed by atoms with Crippen molar-refractivity contribution in [3.05, 3.63) is 41.0 Å². The van der Waals surface area contributed by atoms with E-state index in [-0.39, 0.29) is 11.5 Å². The molecule has 1 saturated heterocycles. The van der Waals surface area contributed by atoms with Crippen molar-refractivity contribution in [3.8, 4) is 0 Å². The van der Waals surface area contributed by atoms with Crippen LogP contribution in [0, 0.1) is 0 Å². The number of esters is 1. The van der Waals surface area contributed by atoms with Crippen molar-refractivity contribution in [2.75, 3.05) is 20.2 Å². The maximum atomic E-state index is 11.5. The Kier molecular flexibility index (Phi) is 5.51. The third kappa shape index (κ3) is 4.92. The number of nitrogens with zero attached hydrogens (tertiary/aromatic N) is 1. The van der Waals surface area contributed by atoms with Crippen LogP contribution in [0.2, 0.25) is 0 Å². The average Bonchev–Trinajstić information content (AvgIpc) is 2.48. The highest BCUT2D eigenvalue weighted by Gasteiger charge is 2.34. The number of methoxy groups -OCH3 is 1. The number of likely N-dealkylation sites (tertiary alicyclic amines) is 1. The summed E-state index contributed by atoms with van der Waals surface area (Å²) in [7, 11) is 1.39. The van der Waals surface area contributed by atoms with Crippen LogP contribution in [0.3, 0.4) is 0 Å². The lowest BCUT2D eigenvalue weighted by Gasteiger charge is -2.45. The van der Waals surface area contributed by atoms with Crippen molar-refractivity contribution < 1.29 is 14.6 Å². The maximum absolute atomic E-state index is 11.5. The number of hydrogen-bond acceptors (Lipinski definition) is 4. The topological polar surface area (TPSA) is 49.8 Å². The molecule has 4 nitrogen and oxygen atoms in total. The van der Waals surface area contributed by atoms with E-state index in [9.17, 15) is 9.90 Å². The van der Waals surface area contributed by atoms with Crippen LogP contribution in [0.1, 0.15) is 56.5 Å². The van der Waals surface area contributed by atoms with Crippen molar-refractivity contribution in [1.29, 1.82) is 0 Å². The number of hydrogen-bond donors (Lipinski definition) is 1. The lowest BCUT2D eigenvalue weighted by molar-refractivity contribution is -0.00836. The second-order valence-electron chi connectivity index (χ2n) is 7.89. The van der Waals surface area contributed by atoms with E-state index < -0.39 is 5.60 Å². The minimum absolute atomic E-state index is 0.0238. The number of aliphatic hydroxyl groups is 1. The fraction of sp³-hybridized carbons (Fsp3) is 0.550. The van der Waals surface area contributed by atoms with Gasteiger partial charge in [-0.05, 0) is 58.2 Å². The average molecular weight is 331 g/mol. The van der Waals surface area contributed by atoms with Crippen LogP contribution in [0.25, 0.3) is 6.08 Å². The first-order valence-corrected chi connectivity index (χ1v) is 8.46. The van der Waals surface area contributed by atoms with E-state index in [1.54, 1.807) is 12.1 Å².